The van der Waals surface area contributed by atoms with E-state index in [-0.39, 0.29) is 5.91 Å². The first-order valence-corrected chi connectivity index (χ1v) is 6.26. The van der Waals surface area contributed by atoms with Crippen LogP contribution in [0, 0.1) is 0 Å². The number of rotatable bonds is 7. The highest BCUT2D eigenvalue weighted by Crippen LogP contribution is 2.08. The molecule has 100 valence electrons. The van der Waals surface area contributed by atoms with Crippen molar-refractivity contribution >= 4 is 5.91 Å². The zero-order valence-electron chi connectivity index (χ0n) is 11.4. The second-order valence-corrected chi connectivity index (χ2v) is 4.90. The van der Waals surface area contributed by atoms with Crippen LogP contribution in [0.1, 0.15) is 29.3 Å². The Balaban J connectivity index is 2.50. The number of amides is 1. The van der Waals surface area contributed by atoms with Gasteiger partial charge in [-0.05, 0) is 45.6 Å². The van der Waals surface area contributed by atoms with E-state index in [0.717, 1.165) is 18.5 Å². The highest BCUT2D eigenvalue weighted by Gasteiger charge is 2.08. The SMILES string of the molecule is CC(CCN(C)C)NCc1ccccc1C(N)=O. The summed E-state index contributed by atoms with van der Waals surface area (Å²) in [5, 5.41) is 3.42. The van der Waals surface area contributed by atoms with Crippen molar-refractivity contribution in [3.63, 3.8) is 0 Å². The fourth-order valence-electron chi connectivity index (χ4n) is 1.75. The fraction of sp³-hybridized carbons (Fsp3) is 0.500. The van der Waals surface area contributed by atoms with Crippen LogP contribution in [-0.2, 0) is 6.54 Å². The Morgan fingerprint density at radius 3 is 2.67 bits per heavy atom. The molecular formula is C14H23N3O. The van der Waals surface area contributed by atoms with Gasteiger partial charge in [0.2, 0.25) is 5.91 Å². The number of carbonyl (C=O) groups is 1. The van der Waals surface area contributed by atoms with Gasteiger partial charge in [-0.25, -0.2) is 0 Å². The Morgan fingerprint density at radius 2 is 2.06 bits per heavy atom. The maximum Gasteiger partial charge on any atom is 0.249 e. The third-order valence-corrected chi connectivity index (χ3v) is 2.93. The van der Waals surface area contributed by atoms with E-state index in [1.165, 1.54) is 0 Å². The van der Waals surface area contributed by atoms with Crippen molar-refractivity contribution in [2.24, 2.45) is 5.73 Å². The Kier molecular flexibility index (Phi) is 5.82. The molecule has 3 N–H and O–H groups in total. The summed E-state index contributed by atoms with van der Waals surface area (Å²) in [6.45, 7) is 3.87. The van der Waals surface area contributed by atoms with Crippen LogP contribution in [0.3, 0.4) is 0 Å². The molecule has 0 aromatic heterocycles. The lowest BCUT2D eigenvalue weighted by Crippen LogP contribution is -2.30. The van der Waals surface area contributed by atoms with Gasteiger partial charge >= 0.3 is 0 Å². The molecule has 0 radical (unpaired) electrons. The van der Waals surface area contributed by atoms with E-state index in [2.05, 4.69) is 31.2 Å². The molecule has 1 atom stereocenters. The molecule has 0 saturated heterocycles. The second kappa shape index (κ2) is 7.13. The summed E-state index contributed by atoms with van der Waals surface area (Å²) in [6, 6.07) is 7.87. The summed E-state index contributed by atoms with van der Waals surface area (Å²) < 4.78 is 0. The predicted octanol–water partition coefficient (Wildman–Crippen LogP) is 1.22. The molecular weight excluding hydrogens is 226 g/mol. The van der Waals surface area contributed by atoms with Gasteiger partial charge in [0.05, 0.1) is 0 Å². The van der Waals surface area contributed by atoms with Crippen molar-refractivity contribution in [3.05, 3.63) is 35.4 Å². The lowest BCUT2D eigenvalue weighted by Gasteiger charge is -2.17. The largest absolute Gasteiger partial charge is 0.366 e. The van der Waals surface area contributed by atoms with Crippen LogP contribution in [0.5, 0.6) is 0 Å². The van der Waals surface area contributed by atoms with Gasteiger partial charge in [0.25, 0.3) is 0 Å². The molecule has 1 amide bonds. The summed E-state index contributed by atoms with van der Waals surface area (Å²) >= 11 is 0. The van der Waals surface area contributed by atoms with Gasteiger partial charge in [0, 0.05) is 18.2 Å². The van der Waals surface area contributed by atoms with Gasteiger partial charge in [-0.1, -0.05) is 18.2 Å². The highest BCUT2D eigenvalue weighted by molar-refractivity contribution is 5.94. The van der Waals surface area contributed by atoms with Crippen LogP contribution in [0.25, 0.3) is 0 Å². The average Bonchev–Trinajstić information content (AvgIpc) is 2.34. The van der Waals surface area contributed by atoms with Gasteiger partial charge in [-0.3, -0.25) is 4.79 Å². The van der Waals surface area contributed by atoms with Crippen LogP contribution < -0.4 is 11.1 Å². The first kappa shape index (κ1) is 14.7. The second-order valence-electron chi connectivity index (χ2n) is 4.90. The topological polar surface area (TPSA) is 58.4 Å². The average molecular weight is 249 g/mol. The molecule has 0 aliphatic carbocycles. The van der Waals surface area contributed by atoms with E-state index in [1.807, 2.05) is 18.2 Å². The molecule has 4 nitrogen and oxygen atoms in total. The molecule has 0 bridgehead atoms. The molecule has 1 unspecified atom stereocenters. The molecule has 18 heavy (non-hydrogen) atoms. The zero-order valence-corrected chi connectivity index (χ0v) is 11.4. The summed E-state index contributed by atoms with van der Waals surface area (Å²) in [5.74, 6) is -0.367. The number of hydrogen-bond acceptors (Lipinski definition) is 3. The van der Waals surface area contributed by atoms with Crippen LogP contribution in [0.2, 0.25) is 0 Å². The van der Waals surface area contributed by atoms with Crippen molar-refractivity contribution in [2.75, 3.05) is 20.6 Å². The van der Waals surface area contributed by atoms with Crippen molar-refractivity contribution in [3.8, 4) is 0 Å². The summed E-state index contributed by atoms with van der Waals surface area (Å²) in [6.07, 6.45) is 1.08. The minimum absolute atomic E-state index is 0.367. The van der Waals surface area contributed by atoms with Crippen LogP contribution >= 0.6 is 0 Å². The number of nitrogens with one attached hydrogen (secondary N) is 1. The maximum atomic E-state index is 11.3. The Labute approximate surface area is 109 Å². The normalized spacial score (nSPS) is 12.7. The standard InChI is InChI=1S/C14H23N3O/c1-11(8-9-17(2)3)16-10-12-6-4-5-7-13(12)14(15)18/h4-7,11,16H,8-10H2,1-3H3,(H2,15,18). The number of primary amides is 1. The fourth-order valence-corrected chi connectivity index (χ4v) is 1.75. The number of benzene rings is 1. The van der Waals surface area contributed by atoms with Gasteiger partial charge in [-0.2, -0.15) is 0 Å². The van der Waals surface area contributed by atoms with Crippen molar-refractivity contribution < 1.29 is 4.79 Å². The molecule has 0 aliphatic rings. The smallest absolute Gasteiger partial charge is 0.249 e. The minimum Gasteiger partial charge on any atom is -0.366 e. The lowest BCUT2D eigenvalue weighted by atomic mass is 10.1. The highest BCUT2D eigenvalue weighted by atomic mass is 16.1. The van der Waals surface area contributed by atoms with Crippen molar-refractivity contribution in [1.82, 2.24) is 10.2 Å². The minimum atomic E-state index is -0.367. The zero-order chi connectivity index (χ0) is 13.5. The van der Waals surface area contributed by atoms with Gasteiger partial charge in [0.15, 0.2) is 0 Å². The van der Waals surface area contributed by atoms with E-state index in [0.29, 0.717) is 18.2 Å². The van der Waals surface area contributed by atoms with Gasteiger partial charge in [0.1, 0.15) is 0 Å². The third-order valence-electron chi connectivity index (χ3n) is 2.93. The molecule has 0 aliphatic heterocycles. The number of nitrogens with zero attached hydrogens (tertiary/aromatic N) is 1. The molecule has 1 rings (SSSR count). The summed E-state index contributed by atoms with van der Waals surface area (Å²) in [5.41, 5.74) is 6.91. The molecule has 0 fully saturated rings. The number of nitrogens with two attached hydrogens (primary N) is 1. The molecule has 0 saturated carbocycles. The van der Waals surface area contributed by atoms with Gasteiger partial charge < -0.3 is 16.0 Å². The van der Waals surface area contributed by atoms with Crippen molar-refractivity contribution in [1.29, 1.82) is 0 Å². The Hall–Kier alpha value is -1.39. The van der Waals surface area contributed by atoms with E-state index in [9.17, 15) is 4.79 Å². The quantitative estimate of drug-likeness (QED) is 0.764. The monoisotopic (exact) mass is 249 g/mol. The third kappa shape index (κ3) is 4.85. The first-order valence-electron chi connectivity index (χ1n) is 6.26. The number of hydrogen-bond donors (Lipinski definition) is 2. The maximum absolute atomic E-state index is 11.3. The van der Waals surface area contributed by atoms with E-state index in [1.54, 1.807) is 6.07 Å². The molecule has 1 aromatic rings. The number of carbonyl (C=O) groups excluding carboxylic acids is 1. The molecule has 0 heterocycles. The van der Waals surface area contributed by atoms with E-state index >= 15 is 0 Å². The Bertz CT molecular complexity index is 390. The van der Waals surface area contributed by atoms with E-state index in [4.69, 9.17) is 5.73 Å². The van der Waals surface area contributed by atoms with E-state index < -0.39 is 0 Å². The first-order chi connectivity index (χ1) is 8.50. The molecule has 1 aromatic carbocycles. The van der Waals surface area contributed by atoms with Crippen LogP contribution in [0.4, 0.5) is 0 Å². The summed E-state index contributed by atoms with van der Waals surface area (Å²) in [4.78, 5) is 13.4. The Morgan fingerprint density at radius 1 is 1.39 bits per heavy atom. The lowest BCUT2D eigenvalue weighted by molar-refractivity contribution is 0.0999. The predicted molar refractivity (Wildman–Crippen MR) is 74.4 cm³/mol. The van der Waals surface area contributed by atoms with Crippen LogP contribution in [0.15, 0.2) is 24.3 Å². The van der Waals surface area contributed by atoms with Crippen molar-refractivity contribution in [2.45, 2.75) is 25.9 Å². The van der Waals surface area contributed by atoms with Gasteiger partial charge in [-0.15, -0.1) is 0 Å². The molecule has 4 heteroatoms. The summed E-state index contributed by atoms with van der Waals surface area (Å²) in [7, 11) is 4.13. The van der Waals surface area contributed by atoms with Crippen LogP contribution in [-0.4, -0.2) is 37.5 Å². The molecule has 0 spiro atoms.